The molecule has 3 fully saturated rings. The van der Waals surface area contributed by atoms with E-state index in [1.54, 1.807) is 14.2 Å². The molecule has 1 saturated carbocycles. The van der Waals surface area contributed by atoms with Crippen molar-refractivity contribution < 1.29 is 23.7 Å². The smallest absolute Gasteiger partial charge is 0.409 e. The van der Waals surface area contributed by atoms with E-state index in [1.807, 2.05) is 0 Å². The first kappa shape index (κ1) is 20.6. The summed E-state index contributed by atoms with van der Waals surface area (Å²) >= 11 is 0. The predicted octanol–water partition coefficient (Wildman–Crippen LogP) is 2.09. The summed E-state index contributed by atoms with van der Waals surface area (Å²) in [7, 11) is 3.38. The monoisotopic (exact) mass is 382 g/mol. The van der Waals surface area contributed by atoms with Gasteiger partial charge in [-0.25, -0.2) is 4.79 Å². The van der Waals surface area contributed by atoms with Crippen molar-refractivity contribution in [2.24, 2.45) is 11.7 Å². The van der Waals surface area contributed by atoms with Gasteiger partial charge in [-0.2, -0.15) is 0 Å². The molecule has 0 aromatic carbocycles. The van der Waals surface area contributed by atoms with Crippen molar-refractivity contribution in [1.29, 1.82) is 0 Å². The Morgan fingerprint density at radius 1 is 1.41 bits per heavy atom. The molecular formula is C20H34N2O5. The molecule has 0 bridgehead atoms. The number of likely N-dealkylation sites (N-methyl/N-ethyl adjacent to an activating group) is 1. The highest BCUT2D eigenvalue weighted by Crippen LogP contribution is 2.59. The lowest BCUT2D eigenvalue weighted by Gasteiger charge is -2.43. The Balaban J connectivity index is 1.74. The Labute approximate surface area is 162 Å². The Morgan fingerprint density at radius 2 is 2.11 bits per heavy atom. The second kappa shape index (κ2) is 7.70. The fourth-order valence-corrected chi connectivity index (χ4v) is 4.57. The van der Waals surface area contributed by atoms with Crippen LogP contribution in [0.4, 0.5) is 4.79 Å². The number of epoxide rings is 2. The van der Waals surface area contributed by atoms with Gasteiger partial charge in [0.05, 0.1) is 18.6 Å². The lowest BCUT2D eigenvalue weighted by Crippen LogP contribution is -2.56. The van der Waals surface area contributed by atoms with E-state index in [-0.39, 0.29) is 41.5 Å². The molecule has 2 heterocycles. The van der Waals surface area contributed by atoms with E-state index in [4.69, 9.17) is 24.7 Å². The van der Waals surface area contributed by atoms with Gasteiger partial charge in [-0.1, -0.05) is 11.6 Å². The third-order valence-corrected chi connectivity index (χ3v) is 6.27. The van der Waals surface area contributed by atoms with E-state index in [9.17, 15) is 4.79 Å². The minimum absolute atomic E-state index is 0.0388. The van der Waals surface area contributed by atoms with Crippen LogP contribution in [0.2, 0.25) is 0 Å². The van der Waals surface area contributed by atoms with Crippen molar-refractivity contribution in [3.63, 3.8) is 0 Å². The number of rotatable bonds is 7. The van der Waals surface area contributed by atoms with Crippen LogP contribution in [0, 0.1) is 5.92 Å². The van der Waals surface area contributed by atoms with Gasteiger partial charge in [0, 0.05) is 27.2 Å². The predicted molar refractivity (Wildman–Crippen MR) is 101 cm³/mol. The van der Waals surface area contributed by atoms with E-state index in [2.05, 4.69) is 26.8 Å². The Bertz CT molecular complexity index is 587. The Kier molecular flexibility index (Phi) is 5.87. The van der Waals surface area contributed by atoms with Crippen LogP contribution < -0.4 is 5.73 Å². The maximum absolute atomic E-state index is 12.4. The highest BCUT2D eigenvalue weighted by molar-refractivity contribution is 5.67. The third kappa shape index (κ3) is 4.01. The van der Waals surface area contributed by atoms with Gasteiger partial charge >= 0.3 is 6.09 Å². The van der Waals surface area contributed by atoms with Crippen molar-refractivity contribution in [1.82, 2.24) is 4.90 Å². The minimum Gasteiger partial charge on any atom is -0.443 e. The molecule has 3 rings (SSSR count). The quantitative estimate of drug-likeness (QED) is 0.536. The first-order chi connectivity index (χ1) is 12.8. The zero-order valence-corrected chi connectivity index (χ0v) is 17.2. The van der Waals surface area contributed by atoms with Gasteiger partial charge in [0.1, 0.15) is 23.4 Å². The number of nitrogens with zero attached hydrogens (tertiary/aromatic N) is 1. The summed E-state index contributed by atoms with van der Waals surface area (Å²) in [5, 5.41) is 0. The number of amides is 1. The normalized spacial score (nSPS) is 39.8. The van der Waals surface area contributed by atoms with Crippen molar-refractivity contribution in [3.05, 3.63) is 11.6 Å². The first-order valence-electron chi connectivity index (χ1n) is 9.87. The molecule has 6 atom stereocenters. The topological polar surface area (TPSA) is 89.9 Å². The molecule has 1 amide bonds. The van der Waals surface area contributed by atoms with Gasteiger partial charge in [0.15, 0.2) is 0 Å². The number of nitrogens with two attached hydrogens (primary N) is 1. The van der Waals surface area contributed by atoms with Crippen molar-refractivity contribution in [2.45, 2.75) is 69.5 Å². The molecule has 0 aromatic heterocycles. The highest BCUT2D eigenvalue weighted by Gasteiger charge is 2.72. The van der Waals surface area contributed by atoms with Gasteiger partial charge in [-0.3, -0.25) is 0 Å². The van der Waals surface area contributed by atoms with Crippen LogP contribution in [0.1, 0.15) is 40.0 Å². The lowest BCUT2D eigenvalue weighted by atomic mass is 9.68. The summed E-state index contributed by atoms with van der Waals surface area (Å²) in [5.74, 6) is 0.0388. The van der Waals surface area contributed by atoms with Crippen LogP contribution in [-0.4, -0.2) is 74.4 Å². The summed E-state index contributed by atoms with van der Waals surface area (Å²) in [6.45, 7) is 7.92. The number of carbonyl (C=O) groups excluding carboxylic acids is 1. The molecule has 1 aliphatic carbocycles. The van der Waals surface area contributed by atoms with E-state index < -0.39 is 0 Å². The maximum atomic E-state index is 12.4. The van der Waals surface area contributed by atoms with E-state index >= 15 is 0 Å². The average Bonchev–Trinajstić information content (AvgIpc) is 3.52. The standard InChI is InChI=1S/C20H34N2O5/c1-13(2)6-7-15-19(3,27-15)17-16(24-5)14(8-9-20(17)12-25-20)26-18(23)22(4)11-10-21/h6,14-17H,7-12,21H2,1-5H3/t14?,15-,16?,17?,19-,20+/m1/s1. The van der Waals surface area contributed by atoms with E-state index in [0.717, 1.165) is 25.9 Å². The molecule has 0 aromatic rings. The molecule has 7 heteroatoms. The largest absolute Gasteiger partial charge is 0.443 e. The molecule has 154 valence electrons. The van der Waals surface area contributed by atoms with Crippen molar-refractivity contribution in [3.8, 4) is 0 Å². The number of allylic oxidation sites excluding steroid dienone is 1. The molecule has 2 aliphatic heterocycles. The third-order valence-electron chi connectivity index (χ3n) is 6.27. The molecule has 2 N–H and O–H groups in total. The molecule has 0 radical (unpaired) electrons. The molecule has 3 unspecified atom stereocenters. The van der Waals surface area contributed by atoms with Crippen LogP contribution in [0.15, 0.2) is 11.6 Å². The number of hydrogen-bond donors (Lipinski definition) is 1. The second-order valence-electron chi connectivity index (χ2n) is 8.51. The summed E-state index contributed by atoms with van der Waals surface area (Å²) in [6.07, 6.45) is 3.89. The second-order valence-corrected chi connectivity index (χ2v) is 8.51. The van der Waals surface area contributed by atoms with Crippen LogP contribution in [0.5, 0.6) is 0 Å². The van der Waals surface area contributed by atoms with Crippen molar-refractivity contribution in [2.75, 3.05) is 33.9 Å². The van der Waals surface area contributed by atoms with Crippen LogP contribution in [0.3, 0.4) is 0 Å². The molecule has 2 saturated heterocycles. The van der Waals surface area contributed by atoms with Crippen LogP contribution in [0.25, 0.3) is 0 Å². The van der Waals surface area contributed by atoms with Gasteiger partial charge in [0.25, 0.3) is 0 Å². The summed E-state index contributed by atoms with van der Waals surface area (Å²) in [6, 6.07) is 0. The SMILES string of the molecule is COC1C(OC(=O)N(C)CCN)CC[C@]2(CO2)C1[C@]1(C)O[C@@H]1CC=C(C)C. The Hall–Kier alpha value is -1.15. The fourth-order valence-electron chi connectivity index (χ4n) is 4.57. The zero-order valence-electron chi connectivity index (χ0n) is 17.2. The van der Waals surface area contributed by atoms with Gasteiger partial charge < -0.3 is 29.6 Å². The summed E-state index contributed by atoms with van der Waals surface area (Å²) < 4.78 is 23.8. The van der Waals surface area contributed by atoms with Gasteiger partial charge in [-0.05, 0) is 40.0 Å². The van der Waals surface area contributed by atoms with Gasteiger partial charge in [-0.15, -0.1) is 0 Å². The summed E-state index contributed by atoms with van der Waals surface area (Å²) in [4.78, 5) is 13.9. The van der Waals surface area contributed by atoms with E-state index in [0.29, 0.717) is 13.1 Å². The first-order valence-corrected chi connectivity index (χ1v) is 9.87. The summed E-state index contributed by atoms with van der Waals surface area (Å²) in [5.41, 5.74) is 6.29. The number of carbonyl (C=O) groups is 1. The Morgan fingerprint density at radius 3 is 2.67 bits per heavy atom. The van der Waals surface area contributed by atoms with Crippen LogP contribution in [-0.2, 0) is 18.9 Å². The fraction of sp³-hybridized carbons (Fsp3) is 0.850. The molecule has 3 aliphatic rings. The molecule has 27 heavy (non-hydrogen) atoms. The highest BCUT2D eigenvalue weighted by atomic mass is 16.6. The minimum atomic E-state index is -0.359. The lowest BCUT2D eigenvalue weighted by molar-refractivity contribution is -0.121. The van der Waals surface area contributed by atoms with Crippen LogP contribution >= 0.6 is 0 Å². The van der Waals surface area contributed by atoms with Gasteiger partial charge in [0.2, 0.25) is 0 Å². The molecule has 1 spiro atoms. The molecule has 7 nitrogen and oxygen atoms in total. The van der Waals surface area contributed by atoms with Crippen molar-refractivity contribution >= 4 is 6.09 Å². The maximum Gasteiger partial charge on any atom is 0.409 e. The molecular weight excluding hydrogens is 348 g/mol. The number of methoxy groups -OCH3 is 1. The zero-order chi connectivity index (χ0) is 19.8. The average molecular weight is 383 g/mol. The van der Waals surface area contributed by atoms with E-state index in [1.165, 1.54) is 10.5 Å². The number of hydrogen-bond acceptors (Lipinski definition) is 6. The number of ether oxygens (including phenoxy) is 4.